The van der Waals surface area contributed by atoms with E-state index >= 15 is 0 Å². The molecule has 3 rings (SSSR count). The first-order valence-corrected chi connectivity index (χ1v) is 7.94. The average Bonchev–Trinajstić information content (AvgIpc) is 2.50. The number of amides is 1. The first-order chi connectivity index (χ1) is 11.4. The highest BCUT2D eigenvalue weighted by Gasteiger charge is 2.45. The summed E-state index contributed by atoms with van der Waals surface area (Å²) in [7, 11) is 0. The summed E-state index contributed by atoms with van der Waals surface area (Å²) in [5, 5.41) is 2.88. The fraction of sp³-hybridized carbons (Fsp3) is 0.316. The minimum absolute atomic E-state index is 0.169. The minimum atomic E-state index is -0.939. The van der Waals surface area contributed by atoms with Crippen molar-refractivity contribution in [3.05, 3.63) is 71.0 Å². The maximum atomic E-state index is 13.4. The fourth-order valence-corrected chi connectivity index (χ4v) is 3.15. The Kier molecular flexibility index (Phi) is 4.35. The molecule has 0 spiro atoms. The molecule has 0 heterocycles. The Balaban J connectivity index is 1.79. The van der Waals surface area contributed by atoms with Gasteiger partial charge in [-0.25, -0.2) is 13.2 Å². The summed E-state index contributed by atoms with van der Waals surface area (Å²) in [5.74, 6) is -2.37. The van der Waals surface area contributed by atoms with Crippen LogP contribution in [0, 0.1) is 17.5 Å². The lowest BCUT2D eigenvalue weighted by Crippen LogP contribution is -2.49. The Morgan fingerprint density at radius 2 is 1.71 bits per heavy atom. The number of carbonyl (C=O) groups excluding carboxylic acids is 1. The molecule has 1 saturated carbocycles. The van der Waals surface area contributed by atoms with Crippen molar-refractivity contribution in [3.63, 3.8) is 0 Å². The summed E-state index contributed by atoms with van der Waals surface area (Å²) in [6.45, 7) is 1.72. The second-order valence-corrected chi connectivity index (χ2v) is 6.31. The SMILES string of the molecule is CC(NC(=O)C1(c2ccc(F)cc2)CCC1)c1ccc(F)c(F)c1. The van der Waals surface area contributed by atoms with Crippen molar-refractivity contribution in [1.82, 2.24) is 5.32 Å². The number of nitrogens with one attached hydrogen (secondary N) is 1. The van der Waals surface area contributed by atoms with Crippen LogP contribution in [0.2, 0.25) is 0 Å². The van der Waals surface area contributed by atoms with Gasteiger partial charge in [-0.2, -0.15) is 0 Å². The second kappa shape index (κ2) is 6.30. The predicted molar refractivity (Wildman–Crippen MR) is 84.8 cm³/mol. The molecule has 0 aromatic heterocycles. The lowest BCUT2D eigenvalue weighted by Gasteiger charge is -2.41. The molecule has 1 atom stereocenters. The molecule has 0 saturated heterocycles. The van der Waals surface area contributed by atoms with Gasteiger partial charge < -0.3 is 5.32 Å². The molecular weight excluding hydrogens is 315 g/mol. The maximum Gasteiger partial charge on any atom is 0.231 e. The Morgan fingerprint density at radius 3 is 2.25 bits per heavy atom. The summed E-state index contributed by atoms with van der Waals surface area (Å²) in [6, 6.07) is 9.10. The summed E-state index contributed by atoms with van der Waals surface area (Å²) in [6.07, 6.45) is 2.30. The van der Waals surface area contributed by atoms with Crippen LogP contribution in [0.1, 0.15) is 43.4 Å². The molecule has 1 N–H and O–H groups in total. The van der Waals surface area contributed by atoms with E-state index in [0.29, 0.717) is 18.4 Å². The first kappa shape index (κ1) is 16.6. The van der Waals surface area contributed by atoms with Gasteiger partial charge in [0.05, 0.1) is 11.5 Å². The normalized spacial score (nSPS) is 17.0. The molecule has 1 amide bonds. The van der Waals surface area contributed by atoms with E-state index in [1.54, 1.807) is 19.1 Å². The van der Waals surface area contributed by atoms with Gasteiger partial charge in [0.1, 0.15) is 5.82 Å². The number of hydrogen-bond acceptors (Lipinski definition) is 1. The van der Waals surface area contributed by atoms with E-state index in [-0.39, 0.29) is 11.7 Å². The van der Waals surface area contributed by atoms with Gasteiger partial charge >= 0.3 is 0 Å². The number of halogens is 3. The van der Waals surface area contributed by atoms with E-state index in [1.165, 1.54) is 18.2 Å². The van der Waals surface area contributed by atoms with Crippen LogP contribution in [0.15, 0.2) is 42.5 Å². The van der Waals surface area contributed by atoms with Crippen molar-refractivity contribution in [2.45, 2.75) is 37.6 Å². The zero-order valence-corrected chi connectivity index (χ0v) is 13.3. The van der Waals surface area contributed by atoms with Crippen LogP contribution in [-0.4, -0.2) is 5.91 Å². The molecular formula is C19H18F3NO. The number of benzene rings is 2. The standard InChI is InChI=1S/C19H18F3NO/c1-12(13-3-8-16(21)17(22)11-13)23-18(24)19(9-2-10-19)14-4-6-15(20)7-5-14/h3-8,11-12H,2,9-10H2,1H3,(H,23,24). The fourth-order valence-electron chi connectivity index (χ4n) is 3.15. The van der Waals surface area contributed by atoms with Crippen molar-refractivity contribution in [2.75, 3.05) is 0 Å². The molecule has 0 bridgehead atoms. The third-order valence-corrected chi connectivity index (χ3v) is 4.83. The van der Waals surface area contributed by atoms with Gasteiger partial charge in [-0.1, -0.05) is 24.6 Å². The van der Waals surface area contributed by atoms with Gasteiger partial charge in [0, 0.05) is 0 Å². The minimum Gasteiger partial charge on any atom is -0.349 e. The van der Waals surface area contributed by atoms with E-state index in [4.69, 9.17) is 0 Å². The smallest absolute Gasteiger partial charge is 0.231 e. The molecule has 0 radical (unpaired) electrons. The molecule has 2 nitrogen and oxygen atoms in total. The van der Waals surface area contributed by atoms with Crippen LogP contribution in [0.5, 0.6) is 0 Å². The number of rotatable bonds is 4. The van der Waals surface area contributed by atoms with Gasteiger partial charge in [0.15, 0.2) is 11.6 Å². The number of carbonyl (C=O) groups is 1. The highest BCUT2D eigenvalue weighted by molar-refractivity contribution is 5.89. The Morgan fingerprint density at radius 1 is 1.04 bits per heavy atom. The molecule has 24 heavy (non-hydrogen) atoms. The zero-order valence-electron chi connectivity index (χ0n) is 13.3. The molecule has 1 aliphatic rings. The Labute approximate surface area is 138 Å². The van der Waals surface area contributed by atoms with E-state index in [2.05, 4.69) is 5.32 Å². The molecule has 0 aliphatic heterocycles. The van der Waals surface area contributed by atoms with E-state index in [1.807, 2.05) is 0 Å². The van der Waals surface area contributed by atoms with E-state index in [0.717, 1.165) is 24.1 Å². The monoisotopic (exact) mass is 333 g/mol. The van der Waals surface area contributed by atoms with E-state index < -0.39 is 23.1 Å². The lowest BCUT2D eigenvalue weighted by molar-refractivity contribution is -0.130. The van der Waals surface area contributed by atoms with Crippen LogP contribution in [0.3, 0.4) is 0 Å². The van der Waals surface area contributed by atoms with Crippen LogP contribution < -0.4 is 5.32 Å². The largest absolute Gasteiger partial charge is 0.349 e. The third-order valence-electron chi connectivity index (χ3n) is 4.83. The highest BCUT2D eigenvalue weighted by atomic mass is 19.2. The summed E-state index contributed by atoms with van der Waals surface area (Å²) < 4.78 is 39.5. The predicted octanol–water partition coefficient (Wildman–Crippen LogP) is 4.40. The van der Waals surface area contributed by atoms with Crippen molar-refractivity contribution in [2.24, 2.45) is 0 Å². The van der Waals surface area contributed by atoms with Gasteiger partial charge in [-0.3, -0.25) is 4.79 Å². The Bertz CT molecular complexity index is 754. The molecule has 1 aliphatic carbocycles. The average molecular weight is 333 g/mol. The topological polar surface area (TPSA) is 29.1 Å². The highest BCUT2D eigenvalue weighted by Crippen LogP contribution is 2.44. The molecule has 5 heteroatoms. The van der Waals surface area contributed by atoms with Gasteiger partial charge in [0.25, 0.3) is 0 Å². The molecule has 126 valence electrons. The van der Waals surface area contributed by atoms with Gasteiger partial charge in [-0.15, -0.1) is 0 Å². The summed E-state index contributed by atoms with van der Waals surface area (Å²) in [5.41, 5.74) is 0.613. The molecule has 1 unspecified atom stereocenters. The molecule has 2 aromatic carbocycles. The summed E-state index contributed by atoms with van der Waals surface area (Å²) in [4.78, 5) is 12.8. The van der Waals surface area contributed by atoms with Gasteiger partial charge in [0.2, 0.25) is 5.91 Å². The van der Waals surface area contributed by atoms with Gasteiger partial charge in [-0.05, 0) is 55.2 Å². The third kappa shape index (κ3) is 2.90. The quantitative estimate of drug-likeness (QED) is 0.883. The summed E-state index contributed by atoms with van der Waals surface area (Å²) >= 11 is 0. The van der Waals surface area contributed by atoms with E-state index in [9.17, 15) is 18.0 Å². The first-order valence-electron chi connectivity index (χ1n) is 7.94. The van der Waals surface area contributed by atoms with Crippen LogP contribution in [0.25, 0.3) is 0 Å². The lowest BCUT2D eigenvalue weighted by atomic mass is 9.63. The second-order valence-electron chi connectivity index (χ2n) is 6.31. The zero-order chi connectivity index (χ0) is 17.3. The molecule has 2 aromatic rings. The van der Waals surface area contributed by atoms with Crippen molar-refractivity contribution in [3.8, 4) is 0 Å². The number of hydrogen-bond donors (Lipinski definition) is 1. The van der Waals surface area contributed by atoms with Crippen molar-refractivity contribution in [1.29, 1.82) is 0 Å². The van der Waals surface area contributed by atoms with Crippen LogP contribution >= 0.6 is 0 Å². The van der Waals surface area contributed by atoms with Crippen LogP contribution in [-0.2, 0) is 10.2 Å². The maximum absolute atomic E-state index is 13.4. The van der Waals surface area contributed by atoms with Crippen molar-refractivity contribution >= 4 is 5.91 Å². The Hall–Kier alpha value is -2.30. The molecule has 1 fully saturated rings. The van der Waals surface area contributed by atoms with Crippen LogP contribution in [0.4, 0.5) is 13.2 Å². The van der Waals surface area contributed by atoms with Crippen molar-refractivity contribution < 1.29 is 18.0 Å².